The Morgan fingerprint density at radius 2 is 1.47 bits per heavy atom. The summed E-state index contributed by atoms with van der Waals surface area (Å²) in [6.07, 6.45) is 10.8. The summed E-state index contributed by atoms with van der Waals surface area (Å²) in [6, 6.07) is 0. The molecule has 108 valence electrons. The van der Waals surface area contributed by atoms with E-state index in [0.29, 0.717) is 11.3 Å². The summed E-state index contributed by atoms with van der Waals surface area (Å²) in [5, 5.41) is 0. The highest BCUT2D eigenvalue weighted by Gasteiger charge is 2.50. The van der Waals surface area contributed by atoms with Gasteiger partial charge in [0.15, 0.2) is 0 Å². The minimum Gasteiger partial charge on any atom is -0.343 e. The van der Waals surface area contributed by atoms with Gasteiger partial charge in [-0.1, -0.05) is 0 Å². The first-order valence-electron chi connectivity index (χ1n) is 8.42. The summed E-state index contributed by atoms with van der Waals surface area (Å²) in [4.78, 5) is 14.2. The van der Waals surface area contributed by atoms with Gasteiger partial charge in [-0.3, -0.25) is 4.79 Å². The number of hydrogen-bond donors (Lipinski definition) is 0. The predicted octanol–water partition coefficient (Wildman–Crippen LogP) is 3.85. The molecule has 1 amide bonds. The van der Waals surface area contributed by atoms with Gasteiger partial charge in [0.25, 0.3) is 0 Å². The molecule has 19 heavy (non-hydrogen) atoms. The topological polar surface area (TPSA) is 20.3 Å². The van der Waals surface area contributed by atoms with Crippen molar-refractivity contribution in [2.75, 3.05) is 13.1 Å². The normalized spacial score (nSPS) is 39.6. The van der Waals surface area contributed by atoms with Crippen LogP contribution < -0.4 is 0 Å². The van der Waals surface area contributed by atoms with Gasteiger partial charge in [0.2, 0.25) is 5.91 Å². The summed E-state index contributed by atoms with van der Waals surface area (Å²) in [7, 11) is 0. The average molecular weight is 263 g/mol. The van der Waals surface area contributed by atoms with Crippen molar-refractivity contribution >= 4 is 5.91 Å². The Kier molecular flexibility index (Phi) is 3.61. The Morgan fingerprint density at radius 3 is 1.89 bits per heavy atom. The summed E-state index contributed by atoms with van der Waals surface area (Å²) in [5.41, 5.74) is 0.567. The maximum atomic E-state index is 12.2. The van der Waals surface area contributed by atoms with E-state index in [1.54, 1.807) is 0 Å². The first-order chi connectivity index (χ1) is 9.14. The minimum absolute atomic E-state index is 0.390. The second-order valence-electron chi connectivity index (χ2n) is 7.48. The number of amides is 1. The van der Waals surface area contributed by atoms with Crippen molar-refractivity contribution in [3.05, 3.63) is 0 Å². The molecule has 0 heterocycles. The number of hydrogen-bond acceptors (Lipinski definition) is 1. The summed E-state index contributed by atoms with van der Waals surface area (Å²) < 4.78 is 0. The van der Waals surface area contributed by atoms with E-state index in [-0.39, 0.29) is 0 Å². The Bertz CT molecular complexity index is 310. The second-order valence-corrected chi connectivity index (χ2v) is 7.48. The van der Waals surface area contributed by atoms with Crippen LogP contribution in [0.4, 0.5) is 0 Å². The lowest BCUT2D eigenvalue weighted by atomic mass is 9.48. The quantitative estimate of drug-likeness (QED) is 0.737. The lowest BCUT2D eigenvalue weighted by molar-refractivity contribution is -0.133. The van der Waals surface area contributed by atoms with Crippen LogP contribution in [0.5, 0.6) is 0 Å². The van der Waals surface area contributed by atoms with Crippen molar-refractivity contribution in [2.45, 2.75) is 65.2 Å². The van der Waals surface area contributed by atoms with Gasteiger partial charge in [-0.05, 0) is 82.0 Å². The van der Waals surface area contributed by atoms with Crippen LogP contribution in [0.3, 0.4) is 0 Å². The third-order valence-corrected chi connectivity index (χ3v) is 6.15. The fourth-order valence-corrected chi connectivity index (χ4v) is 5.70. The maximum Gasteiger partial charge on any atom is 0.222 e. The second kappa shape index (κ2) is 5.10. The molecule has 0 aromatic rings. The molecule has 4 aliphatic carbocycles. The van der Waals surface area contributed by atoms with Crippen molar-refractivity contribution in [1.82, 2.24) is 4.90 Å². The highest BCUT2D eigenvalue weighted by Crippen LogP contribution is 2.61. The van der Waals surface area contributed by atoms with Gasteiger partial charge < -0.3 is 4.90 Å². The third-order valence-electron chi connectivity index (χ3n) is 6.15. The average Bonchev–Trinajstić information content (AvgIpc) is 2.36. The summed E-state index contributed by atoms with van der Waals surface area (Å²) in [5.74, 6) is 3.42. The zero-order valence-electron chi connectivity index (χ0n) is 12.7. The zero-order chi connectivity index (χ0) is 13.5. The predicted molar refractivity (Wildman–Crippen MR) is 77.8 cm³/mol. The monoisotopic (exact) mass is 263 g/mol. The van der Waals surface area contributed by atoms with Crippen LogP contribution in [-0.2, 0) is 4.79 Å². The van der Waals surface area contributed by atoms with Gasteiger partial charge in [0, 0.05) is 19.5 Å². The van der Waals surface area contributed by atoms with Gasteiger partial charge in [-0.15, -0.1) is 0 Å². The molecule has 0 aromatic heterocycles. The molecule has 4 fully saturated rings. The van der Waals surface area contributed by atoms with E-state index in [1.165, 1.54) is 44.9 Å². The van der Waals surface area contributed by atoms with Crippen molar-refractivity contribution in [1.29, 1.82) is 0 Å². The molecule has 0 N–H and O–H groups in total. The van der Waals surface area contributed by atoms with Crippen molar-refractivity contribution in [3.63, 3.8) is 0 Å². The van der Waals surface area contributed by atoms with E-state index >= 15 is 0 Å². The molecule has 0 aliphatic heterocycles. The third kappa shape index (κ3) is 2.55. The molecule has 0 spiro atoms. The molecule has 0 aromatic carbocycles. The maximum absolute atomic E-state index is 12.2. The molecule has 0 radical (unpaired) electrons. The Hall–Kier alpha value is -0.530. The van der Waals surface area contributed by atoms with Crippen LogP contribution in [0, 0.1) is 23.2 Å². The highest BCUT2D eigenvalue weighted by atomic mass is 16.2. The first kappa shape index (κ1) is 13.5. The molecule has 0 unspecified atom stereocenters. The molecule has 2 heteroatoms. The fraction of sp³-hybridized carbons (Fsp3) is 0.941. The van der Waals surface area contributed by atoms with Crippen LogP contribution in [0.2, 0.25) is 0 Å². The Balaban J connectivity index is 1.59. The van der Waals surface area contributed by atoms with Gasteiger partial charge >= 0.3 is 0 Å². The van der Waals surface area contributed by atoms with E-state index in [1.807, 2.05) is 4.90 Å². The van der Waals surface area contributed by atoms with Gasteiger partial charge in [0.05, 0.1) is 0 Å². The van der Waals surface area contributed by atoms with E-state index in [9.17, 15) is 4.79 Å². The standard InChI is InChI=1S/C17H29NO/c1-3-18(4-2)16(19)5-6-17-10-13-7-14(11-17)9-15(8-13)12-17/h13-15H,3-12H2,1-2H3. The summed E-state index contributed by atoms with van der Waals surface area (Å²) >= 11 is 0. The molecular weight excluding hydrogens is 234 g/mol. The molecule has 4 bridgehead atoms. The van der Waals surface area contributed by atoms with Crippen LogP contribution in [0.15, 0.2) is 0 Å². The van der Waals surface area contributed by atoms with E-state index in [4.69, 9.17) is 0 Å². The lowest BCUT2D eigenvalue weighted by Crippen LogP contribution is -2.46. The molecule has 4 rings (SSSR count). The largest absolute Gasteiger partial charge is 0.343 e. The lowest BCUT2D eigenvalue weighted by Gasteiger charge is -2.57. The van der Waals surface area contributed by atoms with Gasteiger partial charge in [0.1, 0.15) is 0 Å². The van der Waals surface area contributed by atoms with Crippen LogP contribution in [-0.4, -0.2) is 23.9 Å². The number of nitrogens with zero attached hydrogens (tertiary/aromatic N) is 1. The van der Waals surface area contributed by atoms with Crippen LogP contribution in [0.1, 0.15) is 65.2 Å². The minimum atomic E-state index is 0.390. The van der Waals surface area contributed by atoms with Crippen LogP contribution >= 0.6 is 0 Å². The van der Waals surface area contributed by atoms with Gasteiger partial charge in [-0.2, -0.15) is 0 Å². The first-order valence-corrected chi connectivity index (χ1v) is 8.42. The van der Waals surface area contributed by atoms with Crippen molar-refractivity contribution < 1.29 is 4.79 Å². The number of carbonyl (C=O) groups is 1. The molecule has 0 saturated heterocycles. The molecule has 4 aliphatic rings. The number of carbonyl (C=O) groups excluding carboxylic acids is 1. The fourth-order valence-electron chi connectivity index (χ4n) is 5.70. The van der Waals surface area contributed by atoms with E-state index in [0.717, 1.165) is 37.3 Å². The van der Waals surface area contributed by atoms with Gasteiger partial charge in [-0.25, -0.2) is 0 Å². The SMILES string of the molecule is CCN(CC)C(=O)CCC12CC3CC(CC(C3)C1)C2. The molecule has 2 nitrogen and oxygen atoms in total. The Labute approximate surface area is 117 Å². The molecular formula is C17H29NO. The summed E-state index contributed by atoms with van der Waals surface area (Å²) in [6.45, 7) is 5.92. The van der Waals surface area contributed by atoms with Crippen LogP contribution in [0.25, 0.3) is 0 Å². The van der Waals surface area contributed by atoms with E-state index in [2.05, 4.69) is 13.8 Å². The molecule has 4 saturated carbocycles. The smallest absolute Gasteiger partial charge is 0.222 e. The Morgan fingerprint density at radius 1 is 1.00 bits per heavy atom. The van der Waals surface area contributed by atoms with E-state index < -0.39 is 0 Å². The van der Waals surface area contributed by atoms with Crippen molar-refractivity contribution in [3.8, 4) is 0 Å². The zero-order valence-corrected chi connectivity index (χ0v) is 12.7. The molecule has 0 atom stereocenters. The highest BCUT2D eigenvalue weighted by molar-refractivity contribution is 5.76. The van der Waals surface area contributed by atoms with Crippen molar-refractivity contribution in [2.24, 2.45) is 23.2 Å². The number of rotatable bonds is 5.